The molecule has 4 heteroatoms. The maximum atomic E-state index is 11.7. The van der Waals surface area contributed by atoms with Crippen molar-refractivity contribution in [1.82, 2.24) is 5.32 Å². The van der Waals surface area contributed by atoms with Crippen molar-refractivity contribution in [3.63, 3.8) is 0 Å². The highest BCUT2D eigenvalue weighted by molar-refractivity contribution is 7.92. The van der Waals surface area contributed by atoms with Crippen molar-refractivity contribution in [2.45, 2.75) is 37.2 Å². The van der Waals surface area contributed by atoms with E-state index in [0.29, 0.717) is 6.54 Å². The van der Waals surface area contributed by atoms with E-state index in [9.17, 15) is 8.42 Å². The molecule has 0 aromatic rings. The molecule has 0 aromatic heterocycles. The Morgan fingerprint density at radius 2 is 2.17 bits per heavy atom. The van der Waals surface area contributed by atoms with Gasteiger partial charge in [0.05, 0.1) is 10.5 Å². The quantitative estimate of drug-likeness (QED) is 0.659. The monoisotopic (exact) mass is 191 g/mol. The zero-order valence-electron chi connectivity index (χ0n) is 7.71. The van der Waals surface area contributed by atoms with Crippen molar-refractivity contribution in [3.05, 3.63) is 0 Å². The summed E-state index contributed by atoms with van der Waals surface area (Å²) in [6.07, 6.45) is 1.47. The summed E-state index contributed by atoms with van der Waals surface area (Å²) < 4.78 is 23.4. The first-order chi connectivity index (χ1) is 5.59. The molecule has 0 spiro atoms. The Morgan fingerprint density at radius 1 is 1.50 bits per heavy atom. The maximum absolute atomic E-state index is 11.7. The van der Waals surface area contributed by atoms with Crippen LogP contribution in [0.4, 0.5) is 0 Å². The number of hydrogen-bond donors (Lipinski definition) is 1. The second-order valence-electron chi connectivity index (χ2n) is 3.42. The largest absolute Gasteiger partial charge is 0.315 e. The molecular weight excluding hydrogens is 174 g/mol. The SMILES string of the molecule is CCC1CNCCC(C)S1(=O)=O. The number of hydrogen-bond acceptors (Lipinski definition) is 3. The van der Waals surface area contributed by atoms with E-state index < -0.39 is 9.84 Å². The van der Waals surface area contributed by atoms with E-state index in [0.717, 1.165) is 19.4 Å². The van der Waals surface area contributed by atoms with Gasteiger partial charge in [-0.15, -0.1) is 0 Å². The summed E-state index contributed by atoms with van der Waals surface area (Å²) in [4.78, 5) is 0. The predicted octanol–water partition coefficient (Wildman–Crippen LogP) is 0.562. The molecule has 72 valence electrons. The van der Waals surface area contributed by atoms with Gasteiger partial charge < -0.3 is 5.32 Å². The Morgan fingerprint density at radius 3 is 2.75 bits per heavy atom. The van der Waals surface area contributed by atoms with Gasteiger partial charge >= 0.3 is 0 Å². The molecule has 1 fully saturated rings. The molecule has 0 radical (unpaired) electrons. The lowest BCUT2D eigenvalue weighted by Crippen LogP contribution is -2.32. The zero-order valence-corrected chi connectivity index (χ0v) is 8.52. The van der Waals surface area contributed by atoms with Crippen LogP contribution in [0.15, 0.2) is 0 Å². The third kappa shape index (κ3) is 1.80. The number of rotatable bonds is 1. The fraction of sp³-hybridized carbons (Fsp3) is 1.00. The smallest absolute Gasteiger partial charge is 0.157 e. The summed E-state index contributed by atoms with van der Waals surface area (Å²) >= 11 is 0. The van der Waals surface area contributed by atoms with E-state index in [1.165, 1.54) is 0 Å². The molecule has 0 saturated carbocycles. The van der Waals surface area contributed by atoms with Crippen molar-refractivity contribution in [1.29, 1.82) is 0 Å². The minimum atomic E-state index is -2.85. The minimum absolute atomic E-state index is 0.169. The van der Waals surface area contributed by atoms with Crippen LogP contribution in [0.25, 0.3) is 0 Å². The molecule has 3 nitrogen and oxygen atoms in total. The van der Waals surface area contributed by atoms with E-state index >= 15 is 0 Å². The lowest BCUT2D eigenvalue weighted by Gasteiger charge is -2.15. The van der Waals surface area contributed by atoms with Crippen LogP contribution < -0.4 is 5.32 Å². The molecule has 1 aliphatic heterocycles. The lowest BCUT2D eigenvalue weighted by atomic mass is 10.3. The first kappa shape index (κ1) is 9.99. The molecule has 1 aliphatic rings. The third-order valence-electron chi connectivity index (χ3n) is 2.58. The Kier molecular flexibility index (Phi) is 3.12. The predicted molar refractivity (Wildman–Crippen MR) is 49.9 cm³/mol. The van der Waals surface area contributed by atoms with Gasteiger partial charge in [0.15, 0.2) is 9.84 Å². The molecule has 0 aromatic carbocycles. The van der Waals surface area contributed by atoms with Crippen molar-refractivity contribution in [3.8, 4) is 0 Å². The van der Waals surface area contributed by atoms with Crippen LogP contribution in [0, 0.1) is 0 Å². The first-order valence-corrected chi connectivity index (χ1v) is 6.13. The van der Waals surface area contributed by atoms with Gasteiger partial charge in [-0.2, -0.15) is 0 Å². The Hall–Kier alpha value is -0.0900. The molecular formula is C8H17NO2S. The highest BCUT2D eigenvalue weighted by Crippen LogP contribution is 2.17. The van der Waals surface area contributed by atoms with Gasteiger partial charge in [-0.1, -0.05) is 6.92 Å². The fourth-order valence-electron chi connectivity index (χ4n) is 1.55. The summed E-state index contributed by atoms with van der Waals surface area (Å²) in [5.74, 6) is 0. The Bertz CT molecular complexity index is 235. The standard InChI is InChI=1S/C8H17NO2S/c1-3-8-6-9-5-4-7(2)12(8,10)11/h7-9H,3-6H2,1-2H3. The van der Waals surface area contributed by atoms with E-state index in [-0.39, 0.29) is 10.5 Å². The minimum Gasteiger partial charge on any atom is -0.315 e. The molecule has 1 heterocycles. The maximum Gasteiger partial charge on any atom is 0.157 e. The molecule has 2 atom stereocenters. The van der Waals surface area contributed by atoms with Crippen LogP contribution in [-0.4, -0.2) is 32.0 Å². The topological polar surface area (TPSA) is 46.2 Å². The highest BCUT2D eigenvalue weighted by atomic mass is 32.2. The first-order valence-electron chi connectivity index (χ1n) is 4.52. The Labute approximate surface area is 74.5 Å². The van der Waals surface area contributed by atoms with Gasteiger partial charge in [0.1, 0.15) is 0 Å². The summed E-state index contributed by atoms with van der Waals surface area (Å²) in [5.41, 5.74) is 0. The number of nitrogens with one attached hydrogen (secondary N) is 1. The van der Waals surface area contributed by atoms with Gasteiger partial charge in [0.25, 0.3) is 0 Å². The summed E-state index contributed by atoms with van der Waals surface area (Å²) in [6.45, 7) is 5.20. The van der Waals surface area contributed by atoms with Crippen molar-refractivity contribution in [2.75, 3.05) is 13.1 Å². The van der Waals surface area contributed by atoms with Crippen LogP contribution in [0.3, 0.4) is 0 Å². The zero-order chi connectivity index (χ0) is 9.19. The Balaban J connectivity index is 2.86. The second-order valence-corrected chi connectivity index (χ2v) is 6.07. The molecule has 1 saturated heterocycles. The molecule has 0 aliphatic carbocycles. The molecule has 1 rings (SSSR count). The average molecular weight is 191 g/mol. The van der Waals surface area contributed by atoms with Crippen molar-refractivity contribution < 1.29 is 8.42 Å². The normalized spacial score (nSPS) is 35.8. The van der Waals surface area contributed by atoms with E-state index in [1.54, 1.807) is 0 Å². The number of sulfone groups is 1. The van der Waals surface area contributed by atoms with Gasteiger partial charge in [0.2, 0.25) is 0 Å². The molecule has 1 N–H and O–H groups in total. The summed E-state index contributed by atoms with van der Waals surface area (Å²) in [7, 11) is -2.85. The van der Waals surface area contributed by atoms with Crippen LogP contribution in [0.1, 0.15) is 26.7 Å². The van der Waals surface area contributed by atoms with Gasteiger partial charge in [-0.05, 0) is 26.3 Å². The summed E-state index contributed by atoms with van der Waals surface area (Å²) in [6, 6.07) is 0. The lowest BCUT2D eigenvalue weighted by molar-refractivity contribution is 0.566. The third-order valence-corrected chi connectivity index (χ3v) is 5.37. The van der Waals surface area contributed by atoms with Gasteiger partial charge in [-0.3, -0.25) is 0 Å². The van der Waals surface area contributed by atoms with E-state index in [2.05, 4.69) is 5.32 Å². The second kappa shape index (κ2) is 3.75. The fourth-order valence-corrected chi connectivity index (χ4v) is 3.47. The van der Waals surface area contributed by atoms with Crippen molar-refractivity contribution in [2.24, 2.45) is 0 Å². The van der Waals surface area contributed by atoms with E-state index in [4.69, 9.17) is 0 Å². The van der Waals surface area contributed by atoms with Crippen LogP contribution in [0.5, 0.6) is 0 Å². The van der Waals surface area contributed by atoms with Crippen molar-refractivity contribution >= 4 is 9.84 Å². The molecule has 2 unspecified atom stereocenters. The van der Waals surface area contributed by atoms with Crippen LogP contribution in [-0.2, 0) is 9.84 Å². The highest BCUT2D eigenvalue weighted by Gasteiger charge is 2.31. The molecule has 0 amide bonds. The van der Waals surface area contributed by atoms with Gasteiger partial charge in [-0.25, -0.2) is 8.42 Å². The van der Waals surface area contributed by atoms with Crippen LogP contribution in [0.2, 0.25) is 0 Å². The van der Waals surface area contributed by atoms with Gasteiger partial charge in [0, 0.05) is 6.54 Å². The average Bonchev–Trinajstić information content (AvgIpc) is 2.13. The van der Waals surface area contributed by atoms with Crippen LogP contribution >= 0.6 is 0 Å². The molecule has 12 heavy (non-hydrogen) atoms. The molecule has 0 bridgehead atoms. The summed E-state index contributed by atoms with van der Waals surface area (Å²) in [5, 5.41) is 2.81. The van der Waals surface area contributed by atoms with E-state index in [1.807, 2.05) is 13.8 Å².